The first-order valence-corrected chi connectivity index (χ1v) is 9.90. The lowest BCUT2D eigenvalue weighted by Crippen LogP contribution is -2.40. The zero-order valence-corrected chi connectivity index (χ0v) is 17.8. The summed E-state index contributed by atoms with van der Waals surface area (Å²) in [7, 11) is 0. The SMILES string of the molecule is CC(C)CC(C)(CNC(=O)c1ccc(Cl)cc1)COC(=O)c1ccc(Cl)cc1. The van der Waals surface area contributed by atoms with Gasteiger partial charge in [-0.3, -0.25) is 4.79 Å². The van der Waals surface area contributed by atoms with Crippen molar-refractivity contribution in [3.8, 4) is 0 Å². The fourth-order valence-electron chi connectivity index (χ4n) is 3.07. The van der Waals surface area contributed by atoms with Crippen molar-refractivity contribution in [2.45, 2.75) is 27.2 Å². The molecule has 28 heavy (non-hydrogen) atoms. The Morgan fingerprint density at radius 2 is 1.46 bits per heavy atom. The first kappa shape index (κ1) is 22.3. The minimum absolute atomic E-state index is 0.185. The van der Waals surface area contributed by atoms with E-state index in [1.165, 1.54) is 0 Å². The summed E-state index contributed by atoms with van der Waals surface area (Å²) in [5.41, 5.74) is 0.592. The van der Waals surface area contributed by atoms with E-state index in [2.05, 4.69) is 19.2 Å². The monoisotopic (exact) mass is 421 g/mol. The van der Waals surface area contributed by atoms with E-state index >= 15 is 0 Å². The van der Waals surface area contributed by atoms with Crippen LogP contribution in [0.2, 0.25) is 10.0 Å². The smallest absolute Gasteiger partial charge is 0.338 e. The Morgan fingerprint density at radius 3 is 1.96 bits per heavy atom. The fourth-order valence-corrected chi connectivity index (χ4v) is 3.33. The van der Waals surface area contributed by atoms with Gasteiger partial charge in [-0.05, 0) is 60.9 Å². The van der Waals surface area contributed by atoms with Crippen LogP contribution in [0.15, 0.2) is 48.5 Å². The zero-order valence-electron chi connectivity index (χ0n) is 16.3. The largest absolute Gasteiger partial charge is 0.461 e. The van der Waals surface area contributed by atoms with Gasteiger partial charge in [-0.25, -0.2) is 4.79 Å². The Hall–Kier alpha value is -2.04. The summed E-state index contributed by atoms with van der Waals surface area (Å²) in [6.45, 7) is 6.79. The lowest BCUT2D eigenvalue weighted by molar-refractivity contribution is 0.0269. The fraction of sp³-hybridized carbons (Fsp3) is 0.364. The van der Waals surface area contributed by atoms with Crippen LogP contribution in [-0.2, 0) is 4.74 Å². The van der Waals surface area contributed by atoms with Crippen LogP contribution in [0.5, 0.6) is 0 Å². The third kappa shape index (κ3) is 6.84. The number of rotatable bonds is 8. The molecule has 1 N–H and O–H groups in total. The van der Waals surface area contributed by atoms with Gasteiger partial charge in [-0.15, -0.1) is 0 Å². The summed E-state index contributed by atoms with van der Waals surface area (Å²) in [6.07, 6.45) is 0.793. The molecule has 2 aromatic carbocycles. The second-order valence-corrected chi connectivity index (χ2v) is 8.55. The topological polar surface area (TPSA) is 55.4 Å². The van der Waals surface area contributed by atoms with Gasteiger partial charge in [0.15, 0.2) is 0 Å². The third-order valence-electron chi connectivity index (χ3n) is 4.31. The number of esters is 1. The number of amides is 1. The molecule has 0 fully saturated rings. The normalized spacial score (nSPS) is 13.1. The molecule has 0 radical (unpaired) electrons. The predicted molar refractivity (Wildman–Crippen MR) is 113 cm³/mol. The molecule has 0 aliphatic rings. The van der Waals surface area contributed by atoms with Gasteiger partial charge in [-0.1, -0.05) is 44.0 Å². The quantitative estimate of drug-likeness (QED) is 0.561. The number of carbonyl (C=O) groups is 2. The molecule has 0 aliphatic carbocycles. The molecule has 0 bridgehead atoms. The highest BCUT2D eigenvalue weighted by atomic mass is 35.5. The molecule has 0 aliphatic heterocycles. The molecule has 1 unspecified atom stereocenters. The van der Waals surface area contributed by atoms with Crippen LogP contribution in [0.3, 0.4) is 0 Å². The molecule has 1 amide bonds. The molecule has 0 saturated carbocycles. The maximum absolute atomic E-state index is 12.4. The molecular weight excluding hydrogens is 397 g/mol. The van der Waals surface area contributed by atoms with Gasteiger partial charge in [0.25, 0.3) is 5.91 Å². The van der Waals surface area contributed by atoms with Gasteiger partial charge in [0, 0.05) is 27.6 Å². The third-order valence-corrected chi connectivity index (χ3v) is 4.82. The van der Waals surface area contributed by atoms with Gasteiger partial charge >= 0.3 is 5.97 Å². The second kappa shape index (κ2) is 9.94. The zero-order chi connectivity index (χ0) is 20.7. The highest BCUT2D eigenvalue weighted by Gasteiger charge is 2.28. The number of benzene rings is 2. The van der Waals surface area contributed by atoms with Gasteiger partial charge in [0.2, 0.25) is 0 Å². The number of hydrogen-bond donors (Lipinski definition) is 1. The van der Waals surface area contributed by atoms with Crippen LogP contribution < -0.4 is 5.32 Å². The molecule has 2 rings (SSSR count). The van der Waals surface area contributed by atoms with Crippen molar-refractivity contribution >= 4 is 35.1 Å². The molecule has 150 valence electrons. The summed E-state index contributed by atoms with van der Waals surface area (Å²) in [4.78, 5) is 24.7. The Balaban J connectivity index is 1.99. The standard InChI is InChI=1S/C22H25Cl2NO3/c1-15(2)12-22(3,13-25-20(26)16-4-8-18(23)9-5-16)14-28-21(27)17-6-10-19(24)11-7-17/h4-11,15H,12-14H2,1-3H3,(H,25,26). The molecule has 1 atom stereocenters. The van der Waals surface area contributed by atoms with Gasteiger partial charge in [0.1, 0.15) is 0 Å². The molecule has 4 nitrogen and oxygen atoms in total. The van der Waals surface area contributed by atoms with Crippen LogP contribution >= 0.6 is 23.2 Å². The highest BCUT2D eigenvalue weighted by Crippen LogP contribution is 2.26. The molecule has 0 aromatic heterocycles. The summed E-state index contributed by atoms with van der Waals surface area (Å²) < 4.78 is 5.54. The second-order valence-electron chi connectivity index (χ2n) is 7.68. The lowest BCUT2D eigenvalue weighted by atomic mass is 9.82. The highest BCUT2D eigenvalue weighted by molar-refractivity contribution is 6.31. The van der Waals surface area contributed by atoms with E-state index in [1.807, 2.05) is 6.92 Å². The Labute approximate surface area is 176 Å². The van der Waals surface area contributed by atoms with Crippen LogP contribution in [0.1, 0.15) is 47.9 Å². The Bertz CT molecular complexity index is 740. The summed E-state index contributed by atoms with van der Waals surface area (Å²) >= 11 is 11.7. The molecule has 2 aromatic rings. The number of hydrogen-bond acceptors (Lipinski definition) is 3. The van der Waals surface area contributed by atoms with E-state index in [9.17, 15) is 9.59 Å². The molecule has 0 spiro atoms. The van der Waals surface area contributed by atoms with E-state index in [1.54, 1.807) is 48.5 Å². The van der Waals surface area contributed by atoms with E-state index < -0.39 is 11.4 Å². The number of ether oxygens (including phenoxy) is 1. The van der Waals surface area contributed by atoms with Crippen molar-refractivity contribution in [2.75, 3.05) is 13.2 Å². The van der Waals surface area contributed by atoms with Crippen molar-refractivity contribution < 1.29 is 14.3 Å². The van der Waals surface area contributed by atoms with E-state index in [-0.39, 0.29) is 12.5 Å². The van der Waals surface area contributed by atoms with Gasteiger partial charge < -0.3 is 10.1 Å². The maximum Gasteiger partial charge on any atom is 0.338 e. The van der Waals surface area contributed by atoms with Crippen LogP contribution in [-0.4, -0.2) is 25.0 Å². The van der Waals surface area contributed by atoms with Crippen LogP contribution in [0, 0.1) is 11.3 Å². The Kier molecular flexibility index (Phi) is 7.90. The van der Waals surface area contributed by atoms with Crippen molar-refractivity contribution in [2.24, 2.45) is 11.3 Å². The summed E-state index contributed by atoms with van der Waals surface area (Å²) in [5, 5.41) is 4.08. The molecule has 0 saturated heterocycles. The van der Waals surface area contributed by atoms with Crippen LogP contribution in [0.4, 0.5) is 0 Å². The van der Waals surface area contributed by atoms with E-state index in [0.29, 0.717) is 33.6 Å². The minimum atomic E-state index is -0.407. The van der Waals surface area contributed by atoms with Crippen molar-refractivity contribution in [3.05, 3.63) is 69.7 Å². The van der Waals surface area contributed by atoms with Gasteiger partial charge in [-0.2, -0.15) is 0 Å². The number of nitrogens with one attached hydrogen (secondary N) is 1. The Morgan fingerprint density at radius 1 is 0.964 bits per heavy atom. The lowest BCUT2D eigenvalue weighted by Gasteiger charge is -2.31. The minimum Gasteiger partial charge on any atom is -0.461 e. The first-order valence-electron chi connectivity index (χ1n) is 9.15. The average Bonchev–Trinajstić information content (AvgIpc) is 2.65. The first-order chi connectivity index (χ1) is 13.2. The molecule has 0 heterocycles. The van der Waals surface area contributed by atoms with Crippen LogP contribution in [0.25, 0.3) is 0 Å². The maximum atomic E-state index is 12.4. The van der Waals surface area contributed by atoms with Crippen molar-refractivity contribution in [3.63, 3.8) is 0 Å². The van der Waals surface area contributed by atoms with Crippen molar-refractivity contribution in [1.82, 2.24) is 5.32 Å². The van der Waals surface area contributed by atoms with E-state index in [0.717, 1.165) is 6.42 Å². The van der Waals surface area contributed by atoms with Gasteiger partial charge in [0.05, 0.1) is 12.2 Å². The molecular formula is C22H25Cl2NO3. The molecule has 6 heteroatoms. The van der Waals surface area contributed by atoms with E-state index in [4.69, 9.17) is 27.9 Å². The van der Waals surface area contributed by atoms with Crippen molar-refractivity contribution in [1.29, 1.82) is 0 Å². The number of halogens is 2. The average molecular weight is 422 g/mol. The summed E-state index contributed by atoms with van der Waals surface area (Å²) in [6, 6.07) is 13.3. The predicted octanol–water partition coefficient (Wildman–Crippen LogP) is 5.63. The summed E-state index contributed by atoms with van der Waals surface area (Å²) in [5.74, 6) is -0.210. The number of carbonyl (C=O) groups excluding carboxylic acids is 2.